The van der Waals surface area contributed by atoms with Crippen LogP contribution in [0, 0.1) is 0 Å². The molecular weight excluding hydrogens is 230 g/mol. The Labute approximate surface area is 109 Å². The van der Waals surface area contributed by atoms with E-state index in [0.717, 1.165) is 32.7 Å². The van der Waals surface area contributed by atoms with Crippen molar-refractivity contribution in [3.8, 4) is 0 Å². The molecule has 1 aromatic heterocycles. The largest absolute Gasteiger partial charge is 0.310 e. The number of nitrogens with zero attached hydrogens (tertiary/aromatic N) is 2. The minimum Gasteiger partial charge on any atom is -0.310 e. The molecule has 4 heteroatoms. The van der Waals surface area contributed by atoms with E-state index in [1.807, 2.05) is 6.08 Å². The number of hydrogen-bond donors (Lipinski definition) is 1. The molecule has 1 rings (SSSR count). The first-order chi connectivity index (χ1) is 8.30. The van der Waals surface area contributed by atoms with Crippen molar-refractivity contribution >= 4 is 11.3 Å². The van der Waals surface area contributed by atoms with Gasteiger partial charge in [-0.1, -0.05) is 19.9 Å². The number of aromatic nitrogens is 1. The van der Waals surface area contributed by atoms with Gasteiger partial charge in [-0.05, 0) is 19.5 Å². The summed E-state index contributed by atoms with van der Waals surface area (Å²) in [5, 5.41) is 6.72. The van der Waals surface area contributed by atoms with E-state index in [2.05, 4.69) is 41.0 Å². The number of hydrogen-bond acceptors (Lipinski definition) is 4. The monoisotopic (exact) mass is 253 g/mol. The van der Waals surface area contributed by atoms with Gasteiger partial charge in [0.1, 0.15) is 5.01 Å². The lowest BCUT2D eigenvalue weighted by Crippen LogP contribution is -2.23. The van der Waals surface area contributed by atoms with Crippen LogP contribution in [0.25, 0.3) is 0 Å². The van der Waals surface area contributed by atoms with Crippen molar-refractivity contribution < 1.29 is 0 Å². The first-order valence-electron chi connectivity index (χ1n) is 6.27. The van der Waals surface area contributed by atoms with Gasteiger partial charge in [-0.2, -0.15) is 0 Å². The van der Waals surface area contributed by atoms with E-state index >= 15 is 0 Å². The summed E-state index contributed by atoms with van der Waals surface area (Å²) in [6, 6.07) is 0. The summed E-state index contributed by atoms with van der Waals surface area (Å²) in [5.41, 5.74) is 1.17. The van der Waals surface area contributed by atoms with Gasteiger partial charge in [0.2, 0.25) is 0 Å². The molecule has 0 aliphatic carbocycles. The van der Waals surface area contributed by atoms with E-state index < -0.39 is 0 Å². The van der Waals surface area contributed by atoms with E-state index in [4.69, 9.17) is 0 Å². The summed E-state index contributed by atoms with van der Waals surface area (Å²) in [5.74, 6) is 0. The molecule has 0 radical (unpaired) electrons. The maximum absolute atomic E-state index is 4.63. The Bertz CT molecular complexity index is 322. The maximum atomic E-state index is 4.63. The molecule has 0 fully saturated rings. The van der Waals surface area contributed by atoms with Gasteiger partial charge in [-0.15, -0.1) is 17.9 Å². The molecule has 0 atom stereocenters. The Morgan fingerprint density at radius 3 is 3.00 bits per heavy atom. The molecule has 17 heavy (non-hydrogen) atoms. The minimum absolute atomic E-state index is 0.895. The van der Waals surface area contributed by atoms with E-state index in [-0.39, 0.29) is 0 Å². The second kappa shape index (κ2) is 8.39. The highest BCUT2D eigenvalue weighted by atomic mass is 32.1. The zero-order valence-electron chi connectivity index (χ0n) is 10.9. The molecule has 0 spiro atoms. The highest BCUT2D eigenvalue weighted by Gasteiger charge is 2.05. The SMILES string of the molecule is C=CCN(CC)Cc1csc(CNCCC)n1. The van der Waals surface area contributed by atoms with Crippen molar-refractivity contribution in [3.05, 3.63) is 28.7 Å². The van der Waals surface area contributed by atoms with Gasteiger partial charge in [0, 0.05) is 25.0 Å². The van der Waals surface area contributed by atoms with Crippen LogP contribution in [0.1, 0.15) is 31.0 Å². The summed E-state index contributed by atoms with van der Waals surface area (Å²) in [4.78, 5) is 6.96. The zero-order chi connectivity index (χ0) is 12.5. The van der Waals surface area contributed by atoms with Gasteiger partial charge in [-0.25, -0.2) is 4.98 Å². The number of rotatable bonds is 9. The molecule has 1 heterocycles. The third kappa shape index (κ3) is 5.44. The quantitative estimate of drug-likeness (QED) is 0.542. The van der Waals surface area contributed by atoms with Crippen molar-refractivity contribution in [2.45, 2.75) is 33.4 Å². The fourth-order valence-corrected chi connectivity index (χ4v) is 2.35. The van der Waals surface area contributed by atoms with Crippen LogP contribution in [0.2, 0.25) is 0 Å². The van der Waals surface area contributed by atoms with Crippen molar-refractivity contribution in [1.29, 1.82) is 0 Å². The predicted octanol–water partition coefficient (Wildman–Crippen LogP) is 2.65. The molecule has 1 aromatic rings. The molecular formula is C13H23N3S. The first-order valence-corrected chi connectivity index (χ1v) is 7.15. The van der Waals surface area contributed by atoms with Crippen molar-refractivity contribution in [2.24, 2.45) is 0 Å². The second-order valence-electron chi connectivity index (χ2n) is 4.03. The van der Waals surface area contributed by atoms with Crippen LogP contribution >= 0.6 is 11.3 Å². The summed E-state index contributed by atoms with van der Waals surface area (Å²) in [6.45, 7) is 13.0. The van der Waals surface area contributed by atoms with Gasteiger partial charge in [0.25, 0.3) is 0 Å². The standard InChI is InChI=1S/C13H23N3S/c1-4-7-14-9-13-15-12(11-17-13)10-16(6-3)8-5-2/h5,11,14H,2,4,6-10H2,1,3H3. The first kappa shape index (κ1) is 14.4. The van der Waals surface area contributed by atoms with E-state index in [9.17, 15) is 0 Å². The highest BCUT2D eigenvalue weighted by molar-refractivity contribution is 7.09. The lowest BCUT2D eigenvalue weighted by atomic mass is 10.4. The van der Waals surface area contributed by atoms with E-state index in [1.165, 1.54) is 17.1 Å². The minimum atomic E-state index is 0.895. The topological polar surface area (TPSA) is 28.2 Å². The van der Waals surface area contributed by atoms with Crippen LogP contribution in [-0.4, -0.2) is 29.5 Å². The van der Waals surface area contributed by atoms with Gasteiger partial charge in [0.05, 0.1) is 5.69 Å². The summed E-state index contributed by atoms with van der Waals surface area (Å²) in [7, 11) is 0. The summed E-state index contributed by atoms with van der Waals surface area (Å²) >= 11 is 1.74. The van der Waals surface area contributed by atoms with E-state index in [0.29, 0.717) is 0 Å². The van der Waals surface area contributed by atoms with Crippen molar-refractivity contribution in [1.82, 2.24) is 15.2 Å². The molecule has 0 unspecified atom stereocenters. The Kier molecular flexibility index (Phi) is 7.08. The highest BCUT2D eigenvalue weighted by Crippen LogP contribution is 2.11. The van der Waals surface area contributed by atoms with Crippen LogP contribution in [-0.2, 0) is 13.1 Å². The van der Waals surface area contributed by atoms with Crippen LogP contribution in [0.4, 0.5) is 0 Å². The molecule has 0 saturated heterocycles. The molecule has 0 aliphatic rings. The predicted molar refractivity (Wildman–Crippen MR) is 75.3 cm³/mol. The second-order valence-corrected chi connectivity index (χ2v) is 4.97. The van der Waals surface area contributed by atoms with Crippen LogP contribution < -0.4 is 5.32 Å². The van der Waals surface area contributed by atoms with Crippen LogP contribution in [0.15, 0.2) is 18.0 Å². The zero-order valence-corrected chi connectivity index (χ0v) is 11.7. The molecule has 0 aliphatic heterocycles. The fraction of sp³-hybridized carbons (Fsp3) is 0.615. The van der Waals surface area contributed by atoms with Gasteiger partial charge >= 0.3 is 0 Å². The van der Waals surface area contributed by atoms with Gasteiger partial charge < -0.3 is 5.32 Å². The Morgan fingerprint density at radius 1 is 1.53 bits per heavy atom. The average molecular weight is 253 g/mol. The third-order valence-corrected chi connectivity index (χ3v) is 3.42. The van der Waals surface area contributed by atoms with Crippen LogP contribution in [0.5, 0.6) is 0 Å². The Hall–Kier alpha value is -0.710. The van der Waals surface area contributed by atoms with Crippen LogP contribution in [0.3, 0.4) is 0 Å². The van der Waals surface area contributed by atoms with Gasteiger partial charge in [-0.3, -0.25) is 4.90 Å². The number of thiazole rings is 1. The molecule has 3 nitrogen and oxygen atoms in total. The van der Waals surface area contributed by atoms with Gasteiger partial charge in [0.15, 0.2) is 0 Å². The van der Waals surface area contributed by atoms with Crippen molar-refractivity contribution in [2.75, 3.05) is 19.6 Å². The molecule has 0 saturated carbocycles. The Balaban J connectivity index is 2.41. The smallest absolute Gasteiger partial charge is 0.107 e. The maximum Gasteiger partial charge on any atom is 0.107 e. The molecule has 0 amide bonds. The number of likely N-dealkylation sites (N-methyl/N-ethyl adjacent to an activating group) is 1. The molecule has 0 bridgehead atoms. The number of nitrogens with one attached hydrogen (secondary N) is 1. The average Bonchev–Trinajstić information content (AvgIpc) is 2.77. The lowest BCUT2D eigenvalue weighted by Gasteiger charge is -2.16. The molecule has 0 aromatic carbocycles. The third-order valence-electron chi connectivity index (χ3n) is 2.52. The lowest BCUT2D eigenvalue weighted by molar-refractivity contribution is 0.308. The van der Waals surface area contributed by atoms with Crippen molar-refractivity contribution in [3.63, 3.8) is 0 Å². The normalized spacial score (nSPS) is 11.0. The summed E-state index contributed by atoms with van der Waals surface area (Å²) < 4.78 is 0. The Morgan fingerprint density at radius 2 is 2.35 bits per heavy atom. The molecule has 96 valence electrons. The fourth-order valence-electron chi connectivity index (χ4n) is 1.59. The summed E-state index contributed by atoms with van der Waals surface area (Å²) in [6.07, 6.45) is 3.11. The van der Waals surface area contributed by atoms with E-state index in [1.54, 1.807) is 11.3 Å². The molecule has 1 N–H and O–H groups in total.